The van der Waals surface area contributed by atoms with Crippen LogP contribution in [0.2, 0.25) is 5.02 Å². The Bertz CT molecular complexity index is 611. The summed E-state index contributed by atoms with van der Waals surface area (Å²) in [5, 5.41) is 12.2. The van der Waals surface area contributed by atoms with Crippen LogP contribution >= 0.6 is 11.6 Å². The topological polar surface area (TPSA) is 66.4 Å². The van der Waals surface area contributed by atoms with E-state index in [-0.39, 0.29) is 0 Å². The fraction of sp³-hybridized carbons (Fsp3) is 0.0667. The molecular formula is C15H12ClNO3. The maximum atomic E-state index is 12.0. The van der Waals surface area contributed by atoms with Gasteiger partial charge in [-0.1, -0.05) is 41.9 Å². The molecule has 1 unspecified atom stereocenters. The van der Waals surface area contributed by atoms with E-state index in [0.717, 1.165) is 0 Å². The predicted molar refractivity (Wildman–Crippen MR) is 75.7 cm³/mol. The summed E-state index contributed by atoms with van der Waals surface area (Å²) in [7, 11) is 0. The summed E-state index contributed by atoms with van der Waals surface area (Å²) in [5.41, 5.74) is 0.874. The Morgan fingerprint density at radius 2 is 1.60 bits per heavy atom. The van der Waals surface area contributed by atoms with Crippen molar-refractivity contribution in [2.75, 3.05) is 0 Å². The van der Waals surface area contributed by atoms with Crippen LogP contribution in [0.1, 0.15) is 22.0 Å². The van der Waals surface area contributed by atoms with E-state index in [4.69, 9.17) is 11.6 Å². The number of nitrogens with one attached hydrogen (secondary N) is 1. The van der Waals surface area contributed by atoms with Gasteiger partial charge >= 0.3 is 5.97 Å². The molecule has 0 spiro atoms. The second-order valence-electron chi connectivity index (χ2n) is 4.16. The third kappa shape index (κ3) is 3.36. The van der Waals surface area contributed by atoms with Gasteiger partial charge in [-0.05, 0) is 29.8 Å². The number of benzene rings is 2. The largest absolute Gasteiger partial charge is 0.479 e. The third-order valence-electron chi connectivity index (χ3n) is 2.76. The lowest BCUT2D eigenvalue weighted by Crippen LogP contribution is -2.33. The van der Waals surface area contributed by atoms with Gasteiger partial charge in [-0.15, -0.1) is 0 Å². The first-order valence-electron chi connectivity index (χ1n) is 5.92. The van der Waals surface area contributed by atoms with Crippen molar-refractivity contribution in [3.05, 3.63) is 70.7 Å². The number of carboxylic acids is 1. The highest BCUT2D eigenvalue weighted by molar-refractivity contribution is 6.30. The summed E-state index contributed by atoms with van der Waals surface area (Å²) >= 11 is 5.76. The minimum Gasteiger partial charge on any atom is -0.479 e. The highest BCUT2D eigenvalue weighted by Crippen LogP contribution is 2.17. The SMILES string of the molecule is O=C(NC(C(=O)O)c1ccc(Cl)cc1)c1ccccc1. The summed E-state index contributed by atoms with van der Waals surface area (Å²) in [6, 6.07) is 13.7. The Balaban J connectivity index is 2.20. The summed E-state index contributed by atoms with van der Waals surface area (Å²) < 4.78 is 0. The second kappa shape index (κ2) is 6.21. The molecule has 0 aliphatic heterocycles. The molecule has 2 aromatic carbocycles. The van der Waals surface area contributed by atoms with Gasteiger partial charge in [-0.3, -0.25) is 4.79 Å². The molecule has 0 heterocycles. The van der Waals surface area contributed by atoms with Crippen LogP contribution < -0.4 is 5.32 Å². The van der Waals surface area contributed by atoms with E-state index in [1.54, 1.807) is 54.6 Å². The number of amides is 1. The van der Waals surface area contributed by atoms with Crippen LogP contribution in [0.25, 0.3) is 0 Å². The fourth-order valence-corrected chi connectivity index (χ4v) is 1.87. The number of carbonyl (C=O) groups is 2. The maximum Gasteiger partial charge on any atom is 0.330 e. The molecule has 0 aromatic heterocycles. The fourth-order valence-electron chi connectivity index (χ4n) is 1.75. The lowest BCUT2D eigenvalue weighted by Gasteiger charge is -2.15. The summed E-state index contributed by atoms with van der Waals surface area (Å²) in [4.78, 5) is 23.3. The molecule has 2 aromatic rings. The van der Waals surface area contributed by atoms with Crippen molar-refractivity contribution in [3.8, 4) is 0 Å². The van der Waals surface area contributed by atoms with E-state index in [2.05, 4.69) is 5.32 Å². The molecule has 2 rings (SSSR count). The average Bonchev–Trinajstić information content (AvgIpc) is 2.46. The van der Waals surface area contributed by atoms with Gasteiger partial charge < -0.3 is 10.4 Å². The minimum atomic E-state index is -1.13. The van der Waals surface area contributed by atoms with Crippen LogP contribution in [0.5, 0.6) is 0 Å². The minimum absolute atomic E-state index is 0.410. The molecule has 0 aliphatic carbocycles. The zero-order chi connectivity index (χ0) is 14.5. The number of aliphatic carboxylic acids is 1. The zero-order valence-electron chi connectivity index (χ0n) is 10.4. The average molecular weight is 290 g/mol. The summed E-state index contributed by atoms with van der Waals surface area (Å²) in [6.45, 7) is 0. The van der Waals surface area contributed by atoms with E-state index < -0.39 is 17.9 Å². The normalized spacial score (nSPS) is 11.7. The van der Waals surface area contributed by atoms with E-state index in [9.17, 15) is 14.7 Å². The molecule has 0 aliphatic rings. The predicted octanol–water partition coefficient (Wildman–Crippen LogP) is 2.90. The van der Waals surface area contributed by atoms with Gasteiger partial charge in [0.05, 0.1) is 0 Å². The Kier molecular flexibility index (Phi) is 4.38. The molecule has 4 nitrogen and oxygen atoms in total. The van der Waals surface area contributed by atoms with Gasteiger partial charge in [-0.25, -0.2) is 4.79 Å². The quantitative estimate of drug-likeness (QED) is 0.909. The van der Waals surface area contributed by atoms with E-state index in [1.165, 1.54) is 0 Å². The number of rotatable bonds is 4. The first-order valence-corrected chi connectivity index (χ1v) is 6.30. The van der Waals surface area contributed by atoms with E-state index in [0.29, 0.717) is 16.1 Å². The van der Waals surface area contributed by atoms with Crippen LogP contribution in [-0.4, -0.2) is 17.0 Å². The van der Waals surface area contributed by atoms with Gasteiger partial charge in [0.15, 0.2) is 6.04 Å². The molecule has 102 valence electrons. The van der Waals surface area contributed by atoms with Gasteiger partial charge in [-0.2, -0.15) is 0 Å². The Hall–Kier alpha value is -2.33. The lowest BCUT2D eigenvalue weighted by atomic mass is 10.1. The first-order chi connectivity index (χ1) is 9.58. The molecule has 20 heavy (non-hydrogen) atoms. The maximum absolute atomic E-state index is 12.0. The van der Waals surface area contributed by atoms with Crippen LogP contribution in [-0.2, 0) is 4.79 Å². The smallest absolute Gasteiger partial charge is 0.330 e. The zero-order valence-corrected chi connectivity index (χ0v) is 11.2. The summed E-state index contributed by atoms with van der Waals surface area (Å²) in [6.07, 6.45) is 0. The van der Waals surface area contributed by atoms with Gasteiger partial charge in [0.2, 0.25) is 0 Å². The monoisotopic (exact) mass is 289 g/mol. The number of hydrogen-bond acceptors (Lipinski definition) is 2. The first kappa shape index (κ1) is 14.1. The van der Waals surface area contributed by atoms with Crippen LogP contribution in [0, 0.1) is 0 Å². The molecule has 0 radical (unpaired) electrons. The van der Waals surface area contributed by atoms with Gasteiger partial charge in [0.1, 0.15) is 0 Å². The van der Waals surface area contributed by atoms with Crippen molar-refractivity contribution in [2.45, 2.75) is 6.04 Å². The van der Waals surface area contributed by atoms with E-state index >= 15 is 0 Å². The molecule has 1 amide bonds. The standard InChI is InChI=1S/C15H12ClNO3/c16-12-8-6-10(7-9-12)13(15(19)20)17-14(18)11-4-2-1-3-5-11/h1-9,13H,(H,17,18)(H,19,20). The van der Waals surface area contributed by atoms with Gasteiger partial charge in [0.25, 0.3) is 5.91 Å². The molecular weight excluding hydrogens is 278 g/mol. The lowest BCUT2D eigenvalue weighted by molar-refractivity contribution is -0.139. The number of carboxylic acid groups (broad SMARTS) is 1. The van der Waals surface area contributed by atoms with Crippen LogP contribution in [0.3, 0.4) is 0 Å². The Labute approximate surface area is 121 Å². The molecule has 0 bridgehead atoms. The van der Waals surface area contributed by atoms with Gasteiger partial charge in [0, 0.05) is 10.6 Å². The van der Waals surface area contributed by atoms with Crippen molar-refractivity contribution in [1.82, 2.24) is 5.32 Å². The highest BCUT2D eigenvalue weighted by Gasteiger charge is 2.22. The van der Waals surface area contributed by atoms with Crippen molar-refractivity contribution >= 4 is 23.5 Å². The van der Waals surface area contributed by atoms with Crippen LogP contribution in [0.4, 0.5) is 0 Å². The van der Waals surface area contributed by atoms with Crippen molar-refractivity contribution < 1.29 is 14.7 Å². The molecule has 0 saturated carbocycles. The molecule has 2 N–H and O–H groups in total. The number of carbonyl (C=O) groups excluding carboxylic acids is 1. The molecule has 5 heteroatoms. The van der Waals surface area contributed by atoms with Crippen molar-refractivity contribution in [3.63, 3.8) is 0 Å². The molecule has 1 atom stereocenters. The number of halogens is 1. The molecule has 0 saturated heterocycles. The molecule has 0 fully saturated rings. The van der Waals surface area contributed by atoms with Crippen molar-refractivity contribution in [2.24, 2.45) is 0 Å². The highest BCUT2D eigenvalue weighted by atomic mass is 35.5. The Morgan fingerprint density at radius 1 is 1.00 bits per heavy atom. The third-order valence-corrected chi connectivity index (χ3v) is 3.01. The second-order valence-corrected chi connectivity index (χ2v) is 4.60. The summed E-state index contributed by atoms with van der Waals surface area (Å²) in [5.74, 6) is -1.57. The van der Waals surface area contributed by atoms with Crippen molar-refractivity contribution in [1.29, 1.82) is 0 Å². The number of hydrogen-bond donors (Lipinski definition) is 2. The van der Waals surface area contributed by atoms with Crippen LogP contribution in [0.15, 0.2) is 54.6 Å². The van der Waals surface area contributed by atoms with E-state index in [1.807, 2.05) is 0 Å². The Morgan fingerprint density at radius 3 is 2.15 bits per heavy atom.